The van der Waals surface area contributed by atoms with Crippen LogP contribution in [-0.4, -0.2) is 31.6 Å². The average Bonchev–Trinajstić information content (AvgIpc) is 3.18. The Morgan fingerprint density at radius 3 is 2.52 bits per heavy atom. The summed E-state index contributed by atoms with van der Waals surface area (Å²) in [6.45, 7) is 8.58. The number of hydrogen-bond acceptors (Lipinski definition) is 6. The first-order valence-electron chi connectivity index (χ1n) is 9.96. The monoisotopic (exact) mass is 434 g/mol. The zero-order valence-corrected chi connectivity index (χ0v) is 18.5. The van der Waals surface area contributed by atoms with E-state index in [9.17, 15) is 4.79 Å². The van der Waals surface area contributed by atoms with Gasteiger partial charge in [0.2, 0.25) is 0 Å². The van der Waals surface area contributed by atoms with E-state index < -0.39 is 5.25 Å². The number of para-hydroxylation sites is 1. The first-order valence-corrected chi connectivity index (χ1v) is 10.8. The molecule has 0 aliphatic carbocycles. The molecule has 2 aromatic carbocycles. The summed E-state index contributed by atoms with van der Waals surface area (Å²) in [6.07, 6.45) is 1.79. The van der Waals surface area contributed by atoms with Gasteiger partial charge in [0.1, 0.15) is 0 Å². The van der Waals surface area contributed by atoms with Crippen LogP contribution in [0.2, 0.25) is 0 Å². The van der Waals surface area contributed by atoms with Crippen molar-refractivity contribution in [3.8, 4) is 0 Å². The van der Waals surface area contributed by atoms with Crippen LogP contribution < -0.4 is 10.7 Å². The minimum atomic E-state index is -0.393. The van der Waals surface area contributed by atoms with Crippen molar-refractivity contribution < 1.29 is 4.79 Å². The first-order chi connectivity index (χ1) is 15.1. The van der Waals surface area contributed by atoms with Crippen molar-refractivity contribution in [1.29, 1.82) is 0 Å². The van der Waals surface area contributed by atoms with Gasteiger partial charge in [-0.1, -0.05) is 66.4 Å². The Labute approximate surface area is 186 Å². The lowest BCUT2D eigenvalue weighted by molar-refractivity contribution is -0.120. The van der Waals surface area contributed by atoms with Crippen molar-refractivity contribution in [3.63, 3.8) is 0 Å². The predicted octanol–water partition coefficient (Wildman–Crippen LogP) is 4.10. The van der Waals surface area contributed by atoms with Gasteiger partial charge in [-0.15, -0.1) is 16.8 Å². The summed E-state index contributed by atoms with van der Waals surface area (Å²) in [4.78, 5) is 12.5. The fourth-order valence-electron chi connectivity index (χ4n) is 2.77. The molecule has 1 atom stereocenters. The first kappa shape index (κ1) is 22.3. The van der Waals surface area contributed by atoms with Gasteiger partial charge in [0.25, 0.3) is 5.91 Å². The zero-order chi connectivity index (χ0) is 22.1. The Bertz CT molecular complexity index is 1030. The van der Waals surface area contributed by atoms with Gasteiger partial charge in [-0.05, 0) is 31.5 Å². The van der Waals surface area contributed by atoms with Gasteiger partial charge in [0, 0.05) is 12.2 Å². The van der Waals surface area contributed by atoms with Crippen molar-refractivity contribution in [1.82, 2.24) is 20.2 Å². The number of carbonyl (C=O) groups excluding carboxylic acids is 1. The van der Waals surface area contributed by atoms with E-state index in [0.29, 0.717) is 18.2 Å². The highest BCUT2D eigenvalue weighted by atomic mass is 32.2. The van der Waals surface area contributed by atoms with E-state index in [0.717, 1.165) is 22.8 Å². The molecule has 7 nitrogen and oxygen atoms in total. The van der Waals surface area contributed by atoms with Crippen molar-refractivity contribution in [2.45, 2.75) is 37.3 Å². The predicted molar refractivity (Wildman–Crippen MR) is 126 cm³/mol. The number of hydrogen-bond donors (Lipinski definition) is 2. The molecule has 1 amide bonds. The molecular weight excluding hydrogens is 408 g/mol. The summed E-state index contributed by atoms with van der Waals surface area (Å²) in [6, 6.07) is 19.6. The molecule has 0 saturated carbocycles. The van der Waals surface area contributed by atoms with Crippen LogP contribution in [0.1, 0.15) is 25.2 Å². The second kappa shape index (κ2) is 11.1. The Kier molecular flexibility index (Phi) is 8.00. The number of amides is 1. The van der Waals surface area contributed by atoms with Gasteiger partial charge in [-0.3, -0.25) is 4.79 Å². The highest BCUT2D eigenvalue weighted by molar-refractivity contribution is 8.00. The molecule has 0 aliphatic rings. The number of thioether (sulfide) groups is 1. The number of rotatable bonds is 10. The number of carbonyl (C=O) groups is 1. The summed E-state index contributed by atoms with van der Waals surface area (Å²) >= 11 is 1.34. The second-order valence-electron chi connectivity index (χ2n) is 6.82. The van der Waals surface area contributed by atoms with Crippen LogP contribution in [0.25, 0.3) is 0 Å². The quantitative estimate of drug-likeness (QED) is 0.217. The van der Waals surface area contributed by atoms with E-state index in [2.05, 4.69) is 32.6 Å². The van der Waals surface area contributed by atoms with E-state index in [4.69, 9.17) is 0 Å². The molecule has 0 bridgehead atoms. The molecule has 8 heteroatoms. The number of nitrogens with zero attached hydrogens (tertiary/aromatic N) is 4. The maximum absolute atomic E-state index is 12.5. The number of aromatic nitrogens is 3. The van der Waals surface area contributed by atoms with Crippen LogP contribution in [0.3, 0.4) is 0 Å². The number of anilines is 1. The van der Waals surface area contributed by atoms with Gasteiger partial charge in [0.05, 0.1) is 17.5 Å². The summed E-state index contributed by atoms with van der Waals surface area (Å²) in [5.41, 5.74) is 5.36. The minimum Gasteiger partial charge on any atom is -0.378 e. The molecule has 0 aliphatic heterocycles. The second-order valence-corrected chi connectivity index (χ2v) is 8.12. The van der Waals surface area contributed by atoms with Crippen molar-refractivity contribution in [3.05, 3.63) is 84.7 Å². The molecule has 0 radical (unpaired) electrons. The summed E-state index contributed by atoms with van der Waals surface area (Å²) < 4.78 is 1.95. The van der Waals surface area contributed by atoms with Gasteiger partial charge in [0.15, 0.2) is 11.0 Å². The third kappa shape index (κ3) is 6.29. The van der Waals surface area contributed by atoms with Crippen LogP contribution in [0, 0.1) is 0 Å². The van der Waals surface area contributed by atoms with E-state index in [1.165, 1.54) is 11.8 Å². The van der Waals surface area contributed by atoms with Gasteiger partial charge in [-0.25, -0.2) is 5.43 Å². The van der Waals surface area contributed by atoms with E-state index in [1.807, 2.05) is 79.1 Å². The number of benzene rings is 2. The zero-order valence-electron chi connectivity index (χ0n) is 17.7. The molecule has 1 aromatic heterocycles. The third-order valence-electron chi connectivity index (χ3n) is 4.51. The Morgan fingerprint density at radius 1 is 1.16 bits per heavy atom. The van der Waals surface area contributed by atoms with Crippen molar-refractivity contribution >= 4 is 29.1 Å². The van der Waals surface area contributed by atoms with Crippen molar-refractivity contribution in [2.75, 3.05) is 5.32 Å². The highest BCUT2D eigenvalue weighted by Gasteiger charge is 2.19. The number of hydrazone groups is 1. The van der Waals surface area contributed by atoms with E-state index in [-0.39, 0.29) is 5.91 Å². The van der Waals surface area contributed by atoms with Crippen molar-refractivity contribution in [2.24, 2.45) is 5.10 Å². The summed E-state index contributed by atoms with van der Waals surface area (Å²) in [5, 5.41) is 16.4. The smallest absolute Gasteiger partial charge is 0.253 e. The van der Waals surface area contributed by atoms with Crippen LogP contribution in [0.15, 0.2) is 83.6 Å². The Hall–Kier alpha value is -3.39. The van der Waals surface area contributed by atoms with E-state index >= 15 is 0 Å². The van der Waals surface area contributed by atoms with Gasteiger partial charge >= 0.3 is 0 Å². The lowest BCUT2D eigenvalue weighted by Gasteiger charge is -2.12. The molecular formula is C23H26N6OS. The lowest BCUT2D eigenvalue weighted by Crippen LogP contribution is -2.28. The van der Waals surface area contributed by atoms with Crippen LogP contribution >= 0.6 is 11.8 Å². The molecule has 1 heterocycles. The molecule has 0 saturated heterocycles. The topological polar surface area (TPSA) is 84.2 Å². The summed E-state index contributed by atoms with van der Waals surface area (Å²) in [7, 11) is 0. The lowest BCUT2D eigenvalue weighted by atomic mass is 10.1. The Morgan fingerprint density at radius 2 is 1.84 bits per heavy atom. The van der Waals surface area contributed by atoms with E-state index in [1.54, 1.807) is 6.08 Å². The molecule has 3 rings (SSSR count). The van der Waals surface area contributed by atoms with Gasteiger partial charge in [-0.2, -0.15) is 5.10 Å². The average molecular weight is 435 g/mol. The molecule has 160 valence electrons. The number of nitrogens with one attached hydrogen (secondary N) is 2. The molecule has 31 heavy (non-hydrogen) atoms. The van der Waals surface area contributed by atoms with Crippen LogP contribution in [-0.2, 0) is 17.9 Å². The molecule has 0 fully saturated rings. The highest BCUT2D eigenvalue weighted by Crippen LogP contribution is 2.23. The molecule has 0 spiro atoms. The summed E-state index contributed by atoms with van der Waals surface area (Å²) in [5.74, 6) is 0.578. The molecule has 0 unspecified atom stereocenters. The minimum absolute atomic E-state index is 0.197. The van der Waals surface area contributed by atoms with Crippen LogP contribution in [0.4, 0.5) is 5.69 Å². The largest absolute Gasteiger partial charge is 0.378 e. The third-order valence-corrected chi connectivity index (χ3v) is 5.59. The van der Waals surface area contributed by atoms with Crippen LogP contribution in [0.5, 0.6) is 0 Å². The van der Waals surface area contributed by atoms with Gasteiger partial charge < -0.3 is 9.88 Å². The fourth-order valence-corrected chi connectivity index (χ4v) is 3.64. The molecule has 3 aromatic rings. The SMILES string of the molecule is C=CCn1c(CNc2ccccc2)nnc1S[C@H](C)C(=O)N/N=C(/C)c1ccccc1. The number of allylic oxidation sites excluding steroid dienone is 1. The molecule has 2 N–H and O–H groups in total. The maximum atomic E-state index is 12.5. The Balaban J connectivity index is 1.63. The normalized spacial score (nSPS) is 12.3. The maximum Gasteiger partial charge on any atom is 0.253 e. The standard InChI is InChI=1S/C23H26N6OS/c1-4-15-29-21(16-24-20-13-9-6-10-14-20)26-28-23(29)31-18(3)22(30)27-25-17(2)19-11-7-5-8-12-19/h4-14,18,24H,1,15-16H2,2-3H3,(H,27,30)/b25-17-/t18-/m1/s1. The fraction of sp³-hybridized carbons (Fsp3) is 0.217.